The number of pyridine rings is 1. The van der Waals surface area contributed by atoms with Crippen LogP contribution in [-0.4, -0.2) is 17.1 Å². The van der Waals surface area contributed by atoms with Gasteiger partial charge in [-0.05, 0) is 13.0 Å². The highest BCUT2D eigenvalue weighted by atomic mass is 32.1. The molecule has 1 atom stereocenters. The van der Waals surface area contributed by atoms with E-state index in [1.807, 2.05) is 23.8 Å². The molecule has 16 heavy (non-hydrogen) atoms. The molecule has 84 valence electrons. The van der Waals surface area contributed by atoms with E-state index in [0.717, 1.165) is 5.69 Å². The SMILES string of the molecule is COc1ccc(NC(C)c2cncs2)cn1. The number of rotatable bonds is 4. The largest absolute Gasteiger partial charge is 0.481 e. The minimum atomic E-state index is 0.239. The van der Waals surface area contributed by atoms with Gasteiger partial charge in [0.2, 0.25) is 5.88 Å². The standard InChI is InChI=1S/C11H13N3OS/c1-8(10-6-12-7-16-10)14-9-3-4-11(15-2)13-5-9/h3-8,14H,1-2H3. The summed E-state index contributed by atoms with van der Waals surface area (Å²) in [6.45, 7) is 2.09. The molecular weight excluding hydrogens is 222 g/mol. The molecule has 2 aromatic rings. The molecule has 1 unspecified atom stereocenters. The molecule has 2 rings (SSSR count). The van der Waals surface area contributed by atoms with Crippen molar-refractivity contribution in [2.45, 2.75) is 13.0 Å². The molecule has 2 heterocycles. The van der Waals surface area contributed by atoms with Gasteiger partial charge in [0.15, 0.2) is 0 Å². The summed E-state index contributed by atoms with van der Waals surface area (Å²) < 4.78 is 5.00. The van der Waals surface area contributed by atoms with Crippen LogP contribution >= 0.6 is 11.3 Å². The van der Waals surface area contributed by atoms with Crippen molar-refractivity contribution in [2.24, 2.45) is 0 Å². The number of nitrogens with one attached hydrogen (secondary N) is 1. The van der Waals surface area contributed by atoms with Crippen molar-refractivity contribution in [3.63, 3.8) is 0 Å². The topological polar surface area (TPSA) is 47.0 Å². The highest BCUT2D eigenvalue weighted by molar-refractivity contribution is 7.09. The van der Waals surface area contributed by atoms with Crippen molar-refractivity contribution in [3.8, 4) is 5.88 Å². The van der Waals surface area contributed by atoms with Gasteiger partial charge in [0.1, 0.15) is 0 Å². The van der Waals surface area contributed by atoms with Crippen LogP contribution in [0.2, 0.25) is 0 Å². The normalized spacial score (nSPS) is 12.1. The Morgan fingerprint density at radius 2 is 2.25 bits per heavy atom. The van der Waals surface area contributed by atoms with Gasteiger partial charge in [-0.1, -0.05) is 0 Å². The number of ether oxygens (including phenoxy) is 1. The van der Waals surface area contributed by atoms with Crippen molar-refractivity contribution in [3.05, 3.63) is 34.9 Å². The quantitative estimate of drug-likeness (QED) is 0.885. The molecule has 0 saturated carbocycles. The highest BCUT2D eigenvalue weighted by Gasteiger charge is 2.06. The Kier molecular flexibility index (Phi) is 3.36. The fourth-order valence-corrected chi connectivity index (χ4v) is 1.98. The zero-order valence-corrected chi connectivity index (χ0v) is 9.99. The molecule has 0 radical (unpaired) electrons. The second kappa shape index (κ2) is 4.94. The van der Waals surface area contributed by atoms with Crippen molar-refractivity contribution >= 4 is 17.0 Å². The van der Waals surface area contributed by atoms with E-state index in [1.54, 1.807) is 24.6 Å². The van der Waals surface area contributed by atoms with Crippen LogP contribution in [0.5, 0.6) is 5.88 Å². The molecule has 0 aliphatic rings. The number of thiazole rings is 1. The van der Waals surface area contributed by atoms with Gasteiger partial charge in [-0.2, -0.15) is 0 Å². The number of aromatic nitrogens is 2. The van der Waals surface area contributed by atoms with Crippen LogP contribution in [0.15, 0.2) is 30.0 Å². The fraction of sp³-hybridized carbons (Fsp3) is 0.273. The van der Waals surface area contributed by atoms with E-state index < -0.39 is 0 Å². The average molecular weight is 235 g/mol. The Morgan fingerprint density at radius 3 is 2.81 bits per heavy atom. The summed E-state index contributed by atoms with van der Waals surface area (Å²) in [5.74, 6) is 0.621. The van der Waals surface area contributed by atoms with Gasteiger partial charge in [0.25, 0.3) is 0 Å². The van der Waals surface area contributed by atoms with E-state index in [0.29, 0.717) is 5.88 Å². The summed E-state index contributed by atoms with van der Waals surface area (Å²) >= 11 is 1.64. The molecule has 0 aromatic carbocycles. The predicted octanol–water partition coefficient (Wildman–Crippen LogP) is 2.72. The predicted molar refractivity (Wildman–Crippen MR) is 64.9 cm³/mol. The molecule has 0 saturated heterocycles. The van der Waals surface area contributed by atoms with Gasteiger partial charge >= 0.3 is 0 Å². The maximum atomic E-state index is 5.00. The molecule has 0 aliphatic heterocycles. The Hall–Kier alpha value is -1.62. The summed E-state index contributed by atoms with van der Waals surface area (Å²) in [6.07, 6.45) is 3.63. The maximum Gasteiger partial charge on any atom is 0.213 e. The number of hydrogen-bond donors (Lipinski definition) is 1. The zero-order chi connectivity index (χ0) is 11.4. The smallest absolute Gasteiger partial charge is 0.213 e. The van der Waals surface area contributed by atoms with Gasteiger partial charge in [0, 0.05) is 17.1 Å². The second-order valence-electron chi connectivity index (χ2n) is 3.36. The van der Waals surface area contributed by atoms with Crippen LogP contribution in [0.25, 0.3) is 0 Å². The van der Waals surface area contributed by atoms with Crippen molar-refractivity contribution in [1.29, 1.82) is 0 Å². The molecule has 5 heteroatoms. The second-order valence-corrected chi connectivity index (χ2v) is 4.28. The van der Waals surface area contributed by atoms with Crippen LogP contribution in [0.4, 0.5) is 5.69 Å². The van der Waals surface area contributed by atoms with Crippen LogP contribution in [0.1, 0.15) is 17.8 Å². The molecule has 0 aliphatic carbocycles. The van der Waals surface area contributed by atoms with E-state index in [2.05, 4.69) is 22.2 Å². The summed E-state index contributed by atoms with van der Waals surface area (Å²) in [5, 5.41) is 3.35. The lowest BCUT2D eigenvalue weighted by Crippen LogP contribution is -2.05. The number of hydrogen-bond acceptors (Lipinski definition) is 5. The van der Waals surface area contributed by atoms with Gasteiger partial charge < -0.3 is 10.1 Å². The van der Waals surface area contributed by atoms with Gasteiger partial charge in [-0.15, -0.1) is 11.3 Å². The molecule has 0 amide bonds. The third-order valence-electron chi connectivity index (χ3n) is 2.21. The summed E-state index contributed by atoms with van der Waals surface area (Å²) in [4.78, 5) is 9.39. The minimum absolute atomic E-state index is 0.239. The molecule has 0 fully saturated rings. The fourth-order valence-electron chi connectivity index (χ4n) is 1.35. The van der Waals surface area contributed by atoms with E-state index >= 15 is 0 Å². The van der Waals surface area contributed by atoms with Gasteiger partial charge in [-0.3, -0.25) is 4.98 Å². The number of methoxy groups -OCH3 is 1. The monoisotopic (exact) mass is 235 g/mol. The van der Waals surface area contributed by atoms with Crippen molar-refractivity contribution in [2.75, 3.05) is 12.4 Å². The molecular formula is C11H13N3OS. The van der Waals surface area contributed by atoms with Gasteiger partial charge in [0.05, 0.1) is 30.5 Å². The van der Waals surface area contributed by atoms with Crippen LogP contribution in [-0.2, 0) is 0 Å². The summed E-state index contributed by atoms with van der Waals surface area (Å²) in [7, 11) is 1.61. The zero-order valence-electron chi connectivity index (χ0n) is 9.18. The first-order valence-corrected chi connectivity index (χ1v) is 5.82. The Balaban J connectivity index is 2.03. The van der Waals surface area contributed by atoms with Crippen LogP contribution in [0.3, 0.4) is 0 Å². The Morgan fingerprint density at radius 1 is 1.38 bits per heavy atom. The lowest BCUT2D eigenvalue weighted by Gasteiger charge is -2.12. The Labute approximate surface area is 98.3 Å². The van der Waals surface area contributed by atoms with E-state index in [-0.39, 0.29) is 6.04 Å². The van der Waals surface area contributed by atoms with E-state index in [4.69, 9.17) is 4.74 Å². The van der Waals surface area contributed by atoms with Crippen LogP contribution in [0, 0.1) is 0 Å². The first kappa shape index (κ1) is 10.9. The first-order valence-electron chi connectivity index (χ1n) is 4.94. The Bertz CT molecular complexity index is 427. The van der Waals surface area contributed by atoms with Gasteiger partial charge in [-0.25, -0.2) is 4.98 Å². The van der Waals surface area contributed by atoms with E-state index in [1.165, 1.54) is 4.88 Å². The third-order valence-corrected chi connectivity index (χ3v) is 3.17. The van der Waals surface area contributed by atoms with E-state index in [9.17, 15) is 0 Å². The van der Waals surface area contributed by atoms with Crippen molar-refractivity contribution < 1.29 is 4.74 Å². The molecule has 0 spiro atoms. The number of anilines is 1. The lowest BCUT2D eigenvalue weighted by atomic mass is 10.3. The molecule has 1 N–H and O–H groups in total. The minimum Gasteiger partial charge on any atom is -0.481 e. The first-order chi connectivity index (χ1) is 7.79. The van der Waals surface area contributed by atoms with Crippen molar-refractivity contribution in [1.82, 2.24) is 9.97 Å². The molecule has 2 aromatic heterocycles. The third kappa shape index (κ3) is 2.49. The number of nitrogens with zero attached hydrogens (tertiary/aromatic N) is 2. The average Bonchev–Trinajstić information content (AvgIpc) is 2.83. The summed E-state index contributed by atoms with van der Waals surface area (Å²) in [6, 6.07) is 4.02. The summed E-state index contributed by atoms with van der Waals surface area (Å²) in [5.41, 5.74) is 2.81. The maximum absolute atomic E-state index is 5.00. The molecule has 4 nitrogen and oxygen atoms in total. The highest BCUT2D eigenvalue weighted by Crippen LogP contribution is 2.22. The lowest BCUT2D eigenvalue weighted by molar-refractivity contribution is 0.398. The molecule has 0 bridgehead atoms. The van der Waals surface area contributed by atoms with Crippen LogP contribution < -0.4 is 10.1 Å².